The van der Waals surface area contributed by atoms with E-state index in [0.29, 0.717) is 12.0 Å². The van der Waals surface area contributed by atoms with Crippen LogP contribution in [0.1, 0.15) is 31.2 Å². The van der Waals surface area contributed by atoms with Gasteiger partial charge in [-0.2, -0.15) is 0 Å². The van der Waals surface area contributed by atoms with Crippen LogP contribution in [0, 0.1) is 11.7 Å². The lowest BCUT2D eigenvalue weighted by Gasteiger charge is -2.29. The molecule has 0 radical (unpaired) electrons. The van der Waals surface area contributed by atoms with Gasteiger partial charge in [0.05, 0.1) is 7.11 Å². The van der Waals surface area contributed by atoms with Gasteiger partial charge in [0.15, 0.2) is 0 Å². The number of anilines is 1. The number of ether oxygens (including phenoxy) is 1. The van der Waals surface area contributed by atoms with Gasteiger partial charge in [-0.15, -0.1) is 0 Å². The third kappa shape index (κ3) is 5.14. The average Bonchev–Trinajstić information content (AvgIpc) is 3.24. The lowest BCUT2D eigenvalue weighted by atomic mass is 9.82. The molecule has 1 saturated carbocycles. The van der Waals surface area contributed by atoms with Gasteiger partial charge in [0, 0.05) is 41.9 Å². The standard InChI is InChI=1S/C28H32FN3O/c1-33-26-10-5-20-15-25(9-4-21(20)16-26)31-13-12-30-24-7-2-19(3-8-24)14-22-18-32-28-11-6-23(29)17-27(22)28/h4-6,9-11,15-19,24,30-32H,2-3,7-8,12-14H2,1H3. The van der Waals surface area contributed by atoms with Gasteiger partial charge in [-0.3, -0.25) is 0 Å². The fourth-order valence-corrected chi connectivity index (χ4v) is 5.15. The zero-order valence-corrected chi connectivity index (χ0v) is 19.2. The first-order valence-corrected chi connectivity index (χ1v) is 12.0. The quantitative estimate of drug-likeness (QED) is 0.280. The van der Waals surface area contributed by atoms with E-state index in [1.165, 1.54) is 48.1 Å². The van der Waals surface area contributed by atoms with Gasteiger partial charge in [-0.25, -0.2) is 4.39 Å². The van der Waals surface area contributed by atoms with Crippen molar-refractivity contribution in [1.29, 1.82) is 0 Å². The normalized spacial score (nSPS) is 18.6. The monoisotopic (exact) mass is 445 g/mol. The molecule has 4 aromatic rings. The Morgan fingerprint density at radius 1 is 0.939 bits per heavy atom. The van der Waals surface area contributed by atoms with E-state index in [4.69, 9.17) is 4.74 Å². The molecule has 172 valence electrons. The van der Waals surface area contributed by atoms with Crippen molar-refractivity contribution in [1.82, 2.24) is 10.3 Å². The summed E-state index contributed by atoms with van der Waals surface area (Å²) in [7, 11) is 1.70. The smallest absolute Gasteiger partial charge is 0.123 e. The van der Waals surface area contributed by atoms with E-state index >= 15 is 0 Å². The summed E-state index contributed by atoms with van der Waals surface area (Å²) in [4.78, 5) is 3.28. The number of hydrogen-bond acceptors (Lipinski definition) is 3. The number of H-pyrrole nitrogens is 1. The molecule has 0 spiro atoms. The van der Waals surface area contributed by atoms with Gasteiger partial charge in [0.2, 0.25) is 0 Å². The summed E-state index contributed by atoms with van der Waals surface area (Å²) in [6.07, 6.45) is 7.95. The second-order valence-corrected chi connectivity index (χ2v) is 9.23. The number of methoxy groups -OCH3 is 1. The minimum atomic E-state index is -0.159. The Kier molecular flexibility index (Phi) is 6.49. The van der Waals surface area contributed by atoms with E-state index in [9.17, 15) is 4.39 Å². The maximum atomic E-state index is 13.6. The highest BCUT2D eigenvalue weighted by atomic mass is 19.1. The second kappa shape index (κ2) is 9.84. The zero-order valence-electron chi connectivity index (χ0n) is 19.2. The van der Waals surface area contributed by atoms with Crippen LogP contribution in [0.4, 0.5) is 10.1 Å². The molecule has 1 heterocycles. The summed E-state index contributed by atoms with van der Waals surface area (Å²) >= 11 is 0. The van der Waals surface area contributed by atoms with Crippen LogP contribution in [0.15, 0.2) is 60.8 Å². The van der Waals surface area contributed by atoms with Crippen molar-refractivity contribution in [3.05, 3.63) is 72.2 Å². The highest BCUT2D eigenvalue weighted by Gasteiger charge is 2.22. The van der Waals surface area contributed by atoms with Crippen molar-refractivity contribution in [3.63, 3.8) is 0 Å². The molecule has 5 heteroatoms. The number of aromatic amines is 1. The summed E-state index contributed by atoms with van der Waals surface area (Å²) < 4.78 is 18.9. The molecule has 0 bridgehead atoms. The molecule has 0 atom stereocenters. The molecule has 0 unspecified atom stereocenters. The Morgan fingerprint density at radius 2 is 1.76 bits per heavy atom. The second-order valence-electron chi connectivity index (χ2n) is 9.23. The highest BCUT2D eigenvalue weighted by molar-refractivity contribution is 5.87. The molecular formula is C28H32FN3O. The zero-order chi connectivity index (χ0) is 22.6. The summed E-state index contributed by atoms with van der Waals surface area (Å²) in [5.74, 6) is 1.41. The van der Waals surface area contributed by atoms with Crippen LogP contribution in [-0.2, 0) is 6.42 Å². The van der Waals surface area contributed by atoms with E-state index in [1.54, 1.807) is 13.2 Å². The van der Waals surface area contributed by atoms with Crippen molar-refractivity contribution in [3.8, 4) is 5.75 Å². The number of nitrogens with one attached hydrogen (secondary N) is 3. The molecule has 1 aromatic heterocycles. The van der Waals surface area contributed by atoms with E-state index in [1.807, 2.05) is 12.1 Å². The van der Waals surface area contributed by atoms with Crippen LogP contribution in [0.3, 0.4) is 0 Å². The fourth-order valence-electron chi connectivity index (χ4n) is 5.15. The Bertz CT molecular complexity index is 1230. The van der Waals surface area contributed by atoms with Gasteiger partial charge in [-0.1, -0.05) is 12.1 Å². The maximum absolute atomic E-state index is 13.6. The van der Waals surface area contributed by atoms with Crippen LogP contribution in [-0.4, -0.2) is 31.2 Å². The van der Waals surface area contributed by atoms with Gasteiger partial charge >= 0.3 is 0 Å². The first-order valence-electron chi connectivity index (χ1n) is 12.0. The van der Waals surface area contributed by atoms with Gasteiger partial charge < -0.3 is 20.4 Å². The van der Waals surface area contributed by atoms with Crippen molar-refractivity contribution in [2.24, 2.45) is 5.92 Å². The molecule has 33 heavy (non-hydrogen) atoms. The fraction of sp³-hybridized carbons (Fsp3) is 0.357. The summed E-state index contributed by atoms with van der Waals surface area (Å²) in [5, 5.41) is 10.7. The van der Waals surface area contributed by atoms with E-state index in [2.05, 4.69) is 52.1 Å². The maximum Gasteiger partial charge on any atom is 0.123 e. The van der Waals surface area contributed by atoms with Crippen LogP contribution in [0.2, 0.25) is 0 Å². The number of fused-ring (bicyclic) bond motifs is 2. The van der Waals surface area contributed by atoms with E-state index < -0.39 is 0 Å². The molecule has 0 amide bonds. The summed E-state index contributed by atoms with van der Waals surface area (Å²) in [6.45, 7) is 1.86. The van der Waals surface area contributed by atoms with Crippen LogP contribution in [0.5, 0.6) is 5.75 Å². The number of halogens is 1. The Morgan fingerprint density at radius 3 is 2.61 bits per heavy atom. The average molecular weight is 446 g/mol. The first-order chi connectivity index (χ1) is 16.2. The number of benzene rings is 3. The third-order valence-electron chi connectivity index (χ3n) is 7.02. The van der Waals surface area contributed by atoms with Crippen LogP contribution >= 0.6 is 0 Å². The number of rotatable bonds is 8. The summed E-state index contributed by atoms with van der Waals surface area (Å²) in [6, 6.07) is 18.2. The van der Waals surface area contributed by atoms with Crippen molar-refractivity contribution in [2.75, 3.05) is 25.5 Å². The predicted molar refractivity (Wildman–Crippen MR) is 135 cm³/mol. The molecule has 1 aliphatic carbocycles. The lowest BCUT2D eigenvalue weighted by molar-refractivity contribution is 0.293. The van der Waals surface area contributed by atoms with Crippen molar-refractivity contribution >= 4 is 27.4 Å². The van der Waals surface area contributed by atoms with Crippen LogP contribution < -0.4 is 15.4 Å². The molecule has 4 nitrogen and oxygen atoms in total. The molecule has 0 saturated heterocycles. The highest BCUT2D eigenvalue weighted by Crippen LogP contribution is 2.30. The topological polar surface area (TPSA) is 49.1 Å². The van der Waals surface area contributed by atoms with Gasteiger partial charge in [0.25, 0.3) is 0 Å². The molecule has 0 aliphatic heterocycles. The molecule has 1 fully saturated rings. The largest absolute Gasteiger partial charge is 0.497 e. The predicted octanol–water partition coefficient (Wildman–Crippen LogP) is 6.27. The van der Waals surface area contributed by atoms with Crippen LogP contribution in [0.25, 0.3) is 21.7 Å². The minimum absolute atomic E-state index is 0.159. The third-order valence-corrected chi connectivity index (χ3v) is 7.02. The van der Waals surface area contributed by atoms with E-state index in [0.717, 1.165) is 41.9 Å². The minimum Gasteiger partial charge on any atom is -0.497 e. The molecule has 5 rings (SSSR count). The number of hydrogen-bond donors (Lipinski definition) is 3. The molecule has 3 aromatic carbocycles. The molecule has 1 aliphatic rings. The molecule has 3 N–H and O–H groups in total. The SMILES string of the molecule is COc1ccc2cc(NCCNC3CCC(Cc4c[nH]c5ccc(F)cc45)CC3)ccc2c1. The van der Waals surface area contributed by atoms with Crippen molar-refractivity contribution < 1.29 is 9.13 Å². The summed E-state index contributed by atoms with van der Waals surface area (Å²) in [5.41, 5.74) is 3.42. The number of aromatic nitrogens is 1. The van der Waals surface area contributed by atoms with Gasteiger partial charge in [0.1, 0.15) is 11.6 Å². The van der Waals surface area contributed by atoms with Crippen molar-refractivity contribution in [2.45, 2.75) is 38.1 Å². The lowest BCUT2D eigenvalue weighted by Crippen LogP contribution is -2.36. The Labute approximate surface area is 194 Å². The van der Waals surface area contributed by atoms with E-state index in [-0.39, 0.29) is 5.82 Å². The Balaban J connectivity index is 1.05. The Hall–Kier alpha value is -3.05. The first kappa shape index (κ1) is 21.8. The molecular weight excluding hydrogens is 413 g/mol. The van der Waals surface area contributed by atoms with Gasteiger partial charge in [-0.05, 0) is 96.8 Å².